The minimum Gasteiger partial charge on any atom is -0.332 e. The molecule has 2 nitrogen and oxygen atoms in total. The first-order chi connectivity index (χ1) is 9.70. The second kappa shape index (κ2) is 5.61. The summed E-state index contributed by atoms with van der Waals surface area (Å²) in [6.07, 6.45) is 1.81. The Morgan fingerprint density at radius 3 is 2.40 bits per heavy atom. The van der Waals surface area contributed by atoms with E-state index in [-0.39, 0.29) is 5.82 Å². The number of hydrogen-bond donors (Lipinski definition) is 1. The molecular formula is C15H10ClFN2S. The van der Waals surface area contributed by atoms with E-state index >= 15 is 0 Å². The highest BCUT2D eigenvalue weighted by molar-refractivity contribution is 7.18. The average Bonchev–Trinajstić information content (AvgIpc) is 2.91. The third-order valence-electron chi connectivity index (χ3n) is 2.73. The number of nitrogens with one attached hydrogen (secondary N) is 1. The van der Waals surface area contributed by atoms with Gasteiger partial charge in [0.25, 0.3) is 0 Å². The molecule has 0 unspecified atom stereocenters. The van der Waals surface area contributed by atoms with Crippen molar-refractivity contribution in [2.75, 3.05) is 5.32 Å². The lowest BCUT2D eigenvalue weighted by Crippen LogP contribution is -1.88. The van der Waals surface area contributed by atoms with Gasteiger partial charge < -0.3 is 5.32 Å². The van der Waals surface area contributed by atoms with Gasteiger partial charge in [-0.2, -0.15) is 0 Å². The molecule has 3 rings (SSSR count). The maximum Gasteiger partial charge on any atom is 0.187 e. The van der Waals surface area contributed by atoms with Crippen molar-refractivity contribution < 1.29 is 4.39 Å². The summed E-state index contributed by atoms with van der Waals surface area (Å²) in [6, 6.07) is 13.8. The van der Waals surface area contributed by atoms with Crippen LogP contribution in [-0.2, 0) is 0 Å². The van der Waals surface area contributed by atoms with Gasteiger partial charge in [0.2, 0.25) is 0 Å². The molecule has 0 saturated carbocycles. The second-order valence-electron chi connectivity index (χ2n) is 4.17. The molecule has 1 aromatic heterocycles. The topological polar surface area (TPSA) is 24.9 Å². The Hall–Kier alpha value is -1.91. The summed E-state index contributed by atoms with van der Waals surface area (Å²) >= 11 is 7.40. The van der Waals surface area contributed by atoms with Crippen LogP contribution in [0.15, 0.2) is 54.7 Å². The van der Waals surface area contributed by atoms with E-state index in [1.54, 1.807) is 18.3 Å². The van der Waals surface area contributed by atoms with E-state index in [9.17, 15) is 4.39 Å². The normalized spacial score (nSPS) is 10.5. The highest BCUT2D eigenvalue weighted by atomic mass is 35.5. The van der Waals surface area contributed by atoms with E-state index in [4.69, 9.17) is 11.6 Å². The molecule has 0 atom stereocenters. The second-order valence-corrected chi connectivity index (χ2v) is 5.64. The van der Waals surface area contributed by atoms with Gasteiger partial charge >= 0.3 is 0 Å². The van der Waals surface area contributed by atoms with E-state index in [1.165, 1.54) is 23.5 Å². The van der Waals surface area contributed by atoms with Crippen LogP contribution in [0.1, 0.15) is 0 Å². The average molecular weight is 305 g/mol. The molecule has 0 aliphatic rings. The molecule has 100 valence electrons. The van der Waals surface area contributed by atoms with Crippen LogP contribution in [-0.4, -0.2) is 4.98 Å². The largest absolute Gasteiger partial charge is 0.332 e. The molecular weight excluding hydrogens is 295 g/mol. The fourth-order valence-electron chi connectivity index (χ4n) is 1.74. The fraction of sp³-hybridized carbons (Fsp3) is 0. The number of anilines is 2. The van der Waals surface area contributed by atoms with Gasteiger partial charge in [-0.15, -0.1) is 0 Å². The first-order valence-electron chi connectivity index (χ1n) is 5.95. The zero-order valence-electron chi connectivity index (χ0n) is 10.3. The van der Waals surface area contributed by atoms with Crippen molar-refractivity contribution in [3.63, 3.8) is 0 Å². The van der Waals surface area contributed by atoms with Crippen molar-refractivity contribution in [1.82, 2.24) is 4.98 Å². The number of aromatic nitrogens is 1. The summed E-state index contributed by atoms with van der Waals surface area (Å²) in [6.45, 7) is 0. The van der Waals surface area contributed by atoms with Crippen LogP contribution < -0.4 is 5.32 Å². The third-order valence-corrected chi connectivity index (χ3v) is 3.94. The van der Waals surface area contributed by atoms with Crippen LogP contribution in [0.4, 0.5) is 15.2 Å². The SMILES string of the molecule is Fc1ccc(Nc2ncc(-c3ccc(Cl)cc3)s2)cc1. The summed E-state index contributed by atoms with van der Waals surface area (Å²) in [7, 11) is 0. The van der Waals surface area contributed by atoms with Crippen molar-refractivity contribution in [3.8, 4) is 10.4 Å². The molecule has 0 saturated heterocycles. The van der Waals surface area contributed by atoms with Crippen LogP contribution in [0, 0.1) is 5.82 Å². The number of nitrogens with zero attached hydrogens (tertiary/aromatic N) is 1. The highest BCUT2D eigenvalue weighted by Gasteiger charge is 2.05. The summed E-state index contributed by atoms with van der Waals surface area (Å²) in [5, 5.41) is 4.62. The number of hydrogen-bond acceptors (Lipinski definition) is 3. The molecule has 1 N–H and O–H groups in total. The lowest BCUT2D eigenvalue weighted by Gasteiger charge is -2.01. The van der Waals surface area contributed by atoms with Crippen LogP contribution >= 0.6 is 22.9 Å². The lowest BCUT2D eigenvalue weighted by molar-refractivity contribution is 0.628. The monoisotopic (exact) mass is 304 g/mol. The van der Waals surface area contributed by atoms with Crippen LogP contribution in [0.25, 0.3) is 10.4 Å². The first-order valence-corrected chi connectivity index (χ1v) is 7.14. The zero-order valence-corrected chi connectivity index (χ0v) is 11.9. The zero-order chi connectivity index (χ0) is 13.9. The van der Waals surface area contributed by atoms with Gasteiger partial charge in [-0.05, 0) is 42.0 Å². The molecule has 0 radical (unpaired) electrons. The summed E-state index contributed by atoms with van der Waals surface area (Å²) in [5.74, 6) is -0.253. The van der Waals surface area contributed by atoms with Crippen LogP contribution in [0.2, 0.25) is 5.02 Å². The molecule has 0 spiro atoms. The lowest BCUT2D eigenvalue weighted by atomic mass is 10.2. The quantitative estimate of drug-likeness (QED) is 0.706. The Labute approximate surface area is 124 Å². The van der Waals surface area contributed by atoms with E-state index in [0.717, 1.165) is 21.3 Å². The van der Waals surface area contributed by atoms with Crippen molar-refractivity contribution in [3.05, 3.63) is 65.6 Å². The van der Waals surface area contributed by atoms with Gasteiger partial charge in [0, 0.05) is 16.9 Å². The van der Waals surface area contributed by atoms with Gasteiger partial charge in [-0.3, -0.25) is 0 Å². The van der Waals surface area contributed by atoms with Gasteiger partial charge in [0.05, 0.1) is 4.88 Å². The van der Waals surface area contributed by atoms with Crippen molar-refractivity contribution in [2.24, 2.45) is 0 Å². The number of rotatable bonds is 3. The predicted octanol–water partition coefficient (Wildman–Crippen LogP) is 5.35. The molecule has 0 aliphatic heterocycles. The van der Waals surface area contributed by atoms with E-state index < -0.39 is 0 Å². The Balaban J connectivity index is 1.80. The molecule has 0 amide bonds. The molecule has 5 heteroatoms. The molecule has 2 aromatic carbocycles. The maximum absolute atomic E-state index is 12.8. The van der Waals surface area contributed by atoms with Gasteiger partial charge in [0.1, 0.15) is 5.82 Å². The molecule has 0 fully saturated rings. The van der Waals surface area contributed by atoms with E-state index in [0.29, 0.717) is 5.02 Å². The Morgan fingerprint density at radius 1 is 1.00 bits per heavy atom. The molecule has 20 heavy (non-hydrogen) atoms. The maximum atomic E-state index is 12.8. The van der Waals surface area contributed by atoms with Crippen LogP contribution in [0.3, 0.4) is 0 Å². The van der Waals surface area contributed by atoms with Crippen molar-refractivity contribution in [2.45, 2.75) is 0 Å². The van der Waals surface area contributed by atoms with Gasteiger partial charge in [0.15, 0.2) is 5.13 Å². The molecule has 0 aliphatic carbocycles. The minimum atomic E-state index is -0.253. The minimum absolute atomic E-state index is 0.253. The predicted molar refractivity (Wildman–Crippen MR) is 82.2 cm³/mol. The molecule has 0 bridgehead atoms. The Morgan fingerprint density at radius 2 is 1.70 bits per heavy atom. The smallest absolute Gasteiger partial charge is 0.187 e. The molecule has 3 aromatic rings. The highest BCUT2D eigenvalue weighted by Crippen LogP contribution is 2.31. The standard InChI is InChI=1S/C15H10ClFN2S/c16-11-3-1-10(2-4-11)14-9-18-15(20-14)19-13-7-5-12(17)6-8-13/h1-9H,(H,18,19). The summed E-state index contributed by atoms with van der Waals surface area (Å²) in [5.41, 5.74) is 1.88. The molecule has 1 heterocycles. The van der Waals surface area contributed by atoms with Gasteiger partial charge in [-0.1, -0.05) is 35.1 Å². The summed E-state index contributed by atoms with van der Waals surface area (Å²) in [4.78, 5) is 5.36. The van der Waals surface area contributed by atoms with Crippen molar-refractivity contribution in [1.29, 1.82) is 0 Å². The third kappa shape index (κ3) is 2.98. The van der Waals surface area contributed by atoms with Crippen molar-refractivity contribution >= 4 is 33.8 Å². The van der Waals surface area contributed by atoms with Gasteiger partial charge in [-0.25, -0.2) is 9.37 Å². The number of thiazole rings is 1. The summed E-state index contributed by atoms with van der Waals surface area (Å²) < 4.78 is 12.8. The Kier molecular flexibility index (Phi) is 3.67. The fourth-order valence-corrected chi connectivity index (χ4v) is 2.70. The van der Waals surface area contributed by atoms with E-state index in [2.05, 4.69) is 10.3 Å². The van der Waals surface area contributed by atoms with Crippen LogP contribution in [0.5, 0.6) is 0 Å². The van der Waals surface area contributed by atoms with E-state index in [1.807, 2.05) is 24.3 Å². The number of benzene rings is 2. The Bertz CT molecular complexity index is 707. The number of halogens is 2. The first kappa shape index (κ1) is 13.1.